The summed E-state index contributed by atoms with van der Waals surface area (Å²) in [6.07, 6.45) is 5.04. The largest absolute Gasteiger partial charge is 0.468 e. The topological polar surface area (TPSA) is 94.3 Å². The highest BCUT2D eigenvalue weighted by Crippen LogP contribution is 2.47. The highest BCUT2D eigenvalue weighted by atomic mass is 16.5. The first kappa shape index (κ1) is 19.4. The fraction of sp³-hybridized carbons (Fsp3) is 0.125. The number of esters is 1. The predicted molar refractivity (Wildman–Crippen MR) is 114 cm³/mol. The summed E-state index contributed by atoms with van der Waals surface area (Å²) in [5.41, 5.74) is 7.88. The standard InChI is InChI=1S/C24H21N3O3/c1-30-23(29)21(16-7-3-2-4-8-16)24(17-11-13-26-14-12-17)15-19(22(25)28)18-9-5-6-10-20(18)27-24/h2-15,21,27H,1H3,(H2,25,28). The highest BCUT2D eigenvalue weighted by molar-refractivity contribution is 6.21. The van der Waals surface area contributed by atoms with Gasteiger partial charge in [-0.2, -0.15) is 0 Å². The van der Waals surface area contributed by atoms with E-state index in [1.165, 1.54) is 7.11 Å². The third kappa shape index (κ3) is 3.22. The number of methoxy groups -OCH3 is 1. The lowest BCUT2D eigenvalue weighted by atomic mass is 9.71. The summed E-state index contributed by atoms with van der Waals surface area (Å²) < 4.78 is 5.21. The molecule has 2 atom stereocenters. The number of carbonyl (C=O) groups excluding carboxylic acids is 2. The van der Waals surface area contributed by atoms with Crippen molar-refractivity contribution < 1.29 is 14.3 Å². The van der Waals surface area contributed by atoms with Crippen LogP contribution in [0.25, 0.3) is 5.57 Å². The van der Waals surface area contributed by atoms with E-state index in [4.69, 9.17) is 10.5 Å². The molecule has 3 aromatic rings. The first-order valence-electron chi connectivity index (χ1n) is 9.50. The minimum atomic E-state index is -1.11. The summed E-state index contributed by atoms with van der Waals surface area (Å²) in [7, 11) is 1.36. The summed E-state index contributed by atoms with van der Waals surface area (Å²) >= 11 is 0. The molecular weight excluding hydrogens is 378 g/mol. The van der Waals surface area contributed by atoms with Crippen molar-refractivity contribution in [2.24, 2.45) is 5.73 Å². The molecule has 150 valence electrons. The molecule has 3 N–H and O–H groups in total. The molecule has 0 fully saturated rings. The number of aromatic nitrogens is 1. The maximum atomic E-state index is 13.2. The minimum Gasteiger partial charge on any atom is -0.468 e. The molecule has 0 radical (unpaired) electrons. The van der Waals surface area contributed by atoms with Crippen LogP contribution in [0.15, 0.2) is 85.2 Å². The molecule has 1 amide bonds. The Hall–Kier alpha value is -3.93. The van der Waals surface area contributed by atoms with Crippen LogP contribution in [0, 0.1) is 0 Å². The smallest absolute Gasteiger partial charge is 0.316 e. The van der Waals surface area contributed by atoms with E-state index in [1.54, 1.807) is 18.5 Å². The fourth-order valence-electron chi connectivity index (χ4n) is 4.05. The van der Waals surface area contributed by atoms with E-state index in [9.17, 15) is 9.59 Å². The number of anilines is 1. The Bertz CT molecular complexity index is 1110. The van der Waals surface area contributed by atoms with E-state index in [2.05, 4.69) is 10.3 Å². The number of ether oxygens (including phenoxy) is 1. The normalized spacial score (nSPS) is 18.4. The number of hydrogen-bond donors (Lipinski definition) is 2. The van der Waals surface area contributed by atoms with Crippen LogP contribution in [0.5, 0.6) is 0 Å². The van der Waals surface area contributed by atoms with Crippen molar-refractivity contribution in [1.29, 1.82) is 0 Å². The Morgan fingerprint density at radius 1 is 1.00 bits per heavy atom. The number of carbonyl (C=O) groups is 2. The number of benzene rings is 2. The van der Waals surface area contributed by atoms with Gasteiger partial charge in [0.25, 0.3) is 0 Å². The molecule has 30 heavy (non-hydrogen) atoms. The molecule has 1 aliphatic heterocycles. The van der Waals surface area contributed by atoms with Crippen LogP contribution < -0.4 is 11.1 Å². The van der Waals surface area contributed by atoms with Crippen LogP contribution >= 0.6 is 0 Å². The monoisotopic (exact) mass is 399 g/mol. The first-order chi connectivity index (χ1) is 14.6. The molecule has 6 heteroatoms. The maximum absolute atomic E-state index is 13.2. The zero-order valence-electron chi connectivity index (χ0n) is 16.4. The van der Waals surface area contributed by atoms with E-state index in [-0.39, 0.29) is 0 Å². The van der Waals surface area contributed by atoms with Gasteiger partial charge in [0.2, 0.25) is 5.91 Å². The third-order valence-electron chi connectivity index (χ3n) is 5.38. The van der Waals surface area contributed by atoms with Crippen LogP contribution in [0.3, 0.4) is 0 Å². The van der Waals surface area contributed by atoms with Gasteiger partial charge >= 0.3 is 5.97 Å². The predicted octanol–water partition coefficient (Wildman–Crippen LogP) is 3.23. The SMILES string of the molecule is COC(=O)C(c1ccccc1)C1(c2ccncc2)C=C(C(N)=O)c2ccccc2N1. The summed E-state index contributed by atoms with van der Waals surface area (Å²) in [5.74, 6) is -1.79. The van der Waals surface area contributed by atoms with Gasteiger partial charge in [-0.25, -0.2) is 0 Å². The van der Waals surface area contributed by atoms with Crippen molar-refractivity contribution in [1.82, 2.24) is 4.98 Å². The molecule has 4 rings (SSSR count). The average molecular weight is 399 g/mol. The van der Waals surface area contributed by atoms with Crippen molar-refractivity contribution in [2.45, 2.75) is 11.5 Å². The molecule has 6 nitrogen and oxygen atoms in total. The first-order valence-corrected chi connectivity index (χ1v) is 9.50. The Kier molecular flexibility index (Phi) is 5.06. The molecule has 1 aliphatic rings. The number of hydrogen-bond acceptors (Lipinski definition) is 5. The number of nitrogens with zero attached hydrogens (tertiary/aromatic N) is 1. The molecule has 2 heterocycles. The average Bonchev–Trinajstić information content (AvgIpc) is 2.79. The molecule has 0 saturated carbocycles. The van der Waals surface area contributed by atoms with E-state index in [1.807, 2.05) is 66.7 Å². The Morgan fingerprint density at radius 2 is 1.67 bits per heavy atom. The quantitative estimate of drug-likeness (QED) is 0.643. The van der Waals surface area contributed by atoms with Gasteiger partial charge in [-0.3, -0.25) is 14.6 Å². The van der Waals surface area contributed by atoms with Gasteiger partial charge in [0.1, 0.15) is 5.92 Å². The second-order valence-corrected chi connectivity index (χ2v) is 7.06. The molecule has 1 aromatic heterocycles. The van der Waals surface area contributed by atoms with Crippen molar-refractivity contribution >= 4 is 23.1 Å². The van der Waals surface area contributed by atoms with E-state index in [0.29, 0.717) is 16.8 Å². The lowest BCUT2D eigenvalue weighted by Crippen LogP contribution is -2.46. The van der Waals surface area contributed by atoms with Gasteiger partial charge in [0.05, 0.1) is 12.6 Å². The van der Waals surface area contributed by atoms with Gasteiger partial charge in [-0.15, -0.1) is 0 Å². The van der Waals surface area contributed by atoms with E-state index in [0.717, 1.165) is 11.1 Å². The maximum Gasteiger partial charge on any atom is 0.316 e. The summed E-state index contributed by atoms with van der Waals surface area (Å²) in [5, 5.41) is 3.51. The van der Waals surface area contributed by atoms with E-state index >= 15 is 0 Å². The zero-order valence-corrected chi connectivity index (χ0v) is 16.4. The fourth-order valence-corrected chi connectivity index (χ4v) is 4.05. The molecular formula is C24H21N3O3. The summed E-state index contributed by atoms with van der Waals surface area (Å²) in [4.78, 5) is 29.7. The van der Waals surface area contributed by atoms with Crippen LogP contribution in [-0.2, 0) is 19.9 Å². The van der Waals surface area contributed by atoms with Crippen LogP contribution in [-0.4, -0.2) is 24.0 Å². The summed E-state index contributed by atoms with van der Waals surface area (Å²) in [6, 6.07) is 20.4. The molecule has 0 saturated heterocycles. The Balaban J connectivity index is 2.05. The number of para-hydroxylation sites is 1. The molecule has 0 bridgehead atoms. The van der Waals surface area contributed by atoms with Crippen LogP contribution in [0.1, 0.15) is 22.6 Å². The molecule has 2 aromatic carbocycles. The van der Waals surface area contributed by atoms with Crippen molar-refractivity contribution in [3.05, 3.63) is 102 Å². The van der Waals surface area contributed by atoms with Gasteiger partial charge in [0.15, 0.2) is 0 Å². The Labute approximate surface area is 174 Å². The third-order valence-corrected chi connectivity index (χ3v) is 5.38. The van der Waals surface area contributed by atoms with Gasteiger partial charge in [-0.05, 0) is 35.4 Å². The second kappa shape index (κ2) is 7.83. The number of pyridine rings is 1. The Morgan fingerprint density at radius 3 is 2.33 bits per heavy atom. The number of rotatable bonds is 5. The second-order valence-electron chi connectivity index (χ2n) is 7.06. The zero-order chi connectivity index (χ0) is 21.1. The van der Waals surface area contributed by atoms with Crippen LogP contribution in [0.4, 0.5) is 5.69 Å². The summed E-state index contributed by atoms with van der Waals surface area (Å²) in [6.45, 7) is 0. The molecule has 0 spiro atoms. The lowest BCUT2D eigenvalue weighted by Gasteiger charge is -2.42. The van der Waals surface area contributed by atoms with Gasteiger partial charge < -0.3 is 15.8 Å². The van der Waals surface area contributed by atoms with Gasteiger partial charge in [-0.1, -0.05) is 48.5 Å². The number of primary amides is 1. The van der Waals surface area contributed by atoms with Crippen LogP contribution in [0.2, 0.25) is 0 Å². The molecule has 0 aliphatic carbocycles. The lowest BCUT2D eigenvalue weighted by molar-refractivity contribution is -0.143. The number of nitrogens with one attached hydrogen (secondary N) is 1. The number of nitrogens with two attached hydrogens (primary N) is 1. The minimum absolute atomic E-state index is 0.339. The van der Waals surface area contributed by atoms with Crippen molar-refractivity contribution in [3.63, 3.8) is 0 Å². The number of amides is 1. The highest BCUT2D eigenvalue weighted by Gasteiger charge is 2.47. The van der Waals surface area contributed by atoms with Gasteiger partial charge in [0, 0.05) is 29.2 Å². The van der Waals surface area contributed by atoms with E-state index < -0.39 is 23.3 Å². The van der Waals surface area contributed by atoms with Crippen molar-refractivity contribution in [3.8, 4) is 0 Å². The number of fused-ring (bicyclic) bond motifs is 1. The molecule has 2 unspecified atom stereocenters. The van der Waals surface area contributed by atoms with Crippen molar-refractivity contribution in [2.75, 3.05) is 12.4 Å².